The number of nitrogens with zero attached hydrogens (tertiary/aromatic N) is 3. The quantitative estimate of drug-likeness (QED) is 0.757. The van der Waals surface area contributed by atoms with Gasteiger partial charge in [0, 0.05) is 12.1 Å². The monoisotopic (exact) mass is 243 g/mol. The molecule has 1 fully saturated rings. The lowest BCUT2D eigenvalue weighted by Gasteiger charge is -2.28. The number of fused-ring (bicyclic) bond motifs is 1. The summed E-state index contributed by atoms with van der Waals surface area (Å²) >= 11 is 0. The van der Waals surface area contributed by atoms with Crippen molar-refractivity contribution in [2.24, 2.45) is 0 Å². The first-order chi connectivity index (χ1) is 8.79. The molecule has 4 nitrogen and oxygen atoms in total. The number of piperidine rings is 1. The van der Waals surface area contributed by atoms with Gasteiger partial charge in [0.25, 0.3) is 0 Å². The van der Waals surface area contributed by atoms with Crippen molar-refractivity contribution in [2.75, 3.05) is 20.1 Å². The van der Waals surface area contributed by atoms with Crippen molar-refractivity contribution in [1.82, 2.24) is 14.3 Å². The maximum Gasteiger partial charge on any atom is 0.170 e. The first-order valence-corrected chi connectivity index (χ1v) is 6.40. The van der Waals surface area contributed by atoms with E-state index in [0.29, 0.717) is 11.6 Å². The Labute approximate surface area is 106 Å². The van der Waals surface area contributed by atoms with Crippen molar-refractivity contribution in [3.63, 3.8) is 0 Å². The highest BCUT2D eigenvalue weighted by Gasteiger charge is 2.23. The summed E-state index contributed by atoms with van der Waals surface area (Å²) in [5.74, 6) is 1.51. The van der Waals surface area contributed by atoms with E-state index < -0.39 is 0 Å². The molecule has 94 valence electrons. The number of imidazole rings is 1. The van der Waals surface area contributed by atoms with E-state index >= 15 is 0 Å². The Morgan fingerprint density at radius 1 is 1.33 bits per heavy atom. The standard InChI is InChI=1S/C14H17N3O/c1-16-8-5-11(6-9-16)14-15-12(10-18)13-4-2-3-7-17(13)14/h2-4,7,10-11H,5-6,8-9H2,1H3. The smallest absolute Gasteiger partial charge is 0.170 e. The fourth-order valence-electron chi connectivity index (χ4n) is 2.73. The van der Waals surface area contributed by atoms with Gasteiger partial charge in [-0.1, -0.05) is 6.07 Å². The van der Waals surface area contributed by atoms with Crippen molar-refractivity contribution in [1.29, 1.82) is 0 Å². The van der Waals surface area contributed by atoms with E-state index in [2.05, 4.69) is 21.3 Å². The van der Waals surface area contributed by atoms with Crippen LogP contribution in [0.25, 0.3) is 5.52 Å². The van der Waals surface area contributed by atoms with Crippen molar-refractivity contribution in [3.8, 4) is 0 Å². The Morgan fingerprint density at radius 2 is 2.11 bits per heavy atom. The second-order valence-corrected chi connectivity index (χ2v) is 5.01. The molecule has 0 aliphatic carbocycles. The average molecular weight is 243 g/mol. The summed E-state index contributed by atoms with van der Waals surface area (Å²) in [6, 6.07) is 5.89. The molecule has 0 N–H and O–H groups in total. The molecule has 4 heteroatoms. The number of aromatic nitrogens is 2. The largest absolute Gasteiger partial charge is 0.306 e. The van der Waals surface area contributed by atoms with Crippen LogP contribution in [-0.4, -0.2) is 40.7 Å². The molecule has 0 atom stereocenters. The predicted molar refractivity (Wildman–Crippen MR) is 70.1 cm³/mol. The second kappa shape index (κ2) is 4.53. The van der Waals surface area contributed by atoms with Crippen molar-refractivity contribution >= 4 is 11.8 Å². The Balaban J connectivity index is 2.04. The number of hydrogen-bond donors (Lipinski definition) is 0. The Morgan fingerprint density at radius 3 is 2.83 bits per heavy atom. The third kappa shape index (κ3) is 1.82. The molecular formula is C14H17N3O. The van der Waals surface area contributed by atoms with Crippen LogP contribution >= 0.6 is 0 Å². The molecular weight excluding hydrogens is 226 g/mol. The van der Waals surface area contributed by atoms with E-state index in [9.17, 15) is 4.79 Å². The normalized spacial score (nSPS) is 18.3. The van der Waals surface area contributed by atoms with Crippen LogP contribution < -0.4 is 0 Å². The van der Waals surface area contributed by atoms with Crippen molar-refractivity contribution in [2.45, 2.75) is 18.8 Å². The third-order valence-corrected chi connectivity index (χ3v) is 3.80. The minimum Gasteiger partial charge on any atom is -0.306 e. The van der Waals surface area contributed by atoms with Gasteiger partial charge in [-0.25, -0.2) is 4.98 Å². The van der Waals surface area contributed by atoms with Crippen LogP contribution in [0.4, 0.5) is 0 Å². The molecule has 0 aromatic carbocycles. The van der Waals surface area contributed by atoms with Crippen LogP contribution in [0.3, 0.4) is 0 Å². The molecule has 0 spiro atoms. The van der Waals surface area contributed by atoms with Gasteiger partial charge in [-0.2, -0.15) is 0 Å². The van der Waals surface area contributed by atoms with E-state index in [1.165, 1.54) is 0 Å². The number of carbonyl (C=O) groups excluding carboxylic acids is 1. The van der Waals surface area contributed by atoms with Crippen molar-refractivity contribution in [3.05, 3.63) is 35.9 Å². The lowest BCUT2D eigenvalue weighted by atomic mass is 9.96. The van der Waals surface area contributed by atoms with Crippen LogP contribution in [0.15, 0.2) is 24.4 Å². The molecule has 0 saturated carbocycles. The molecule has 1 aliphatic heterocycles. The van der Waals surface area contributed by atoms with Gasteiger partial charge in [0.15, 0.2) is 6.29 Å². The van der Waals surface area contributed by atoms with Gasteiger partial charge in [-0.05, 0) is 45.1 Å². The molecule has 1 saturated heterocycles. The summed E-state index contributed by atoms with van der Waals surface area (Å²) in [7, 11) is 2.15. The van der Waals surface area contributed by atoms with Crippen LogP contribution in [0.1, 0.15) is 35.1 Å². The van der Waals surface area contributed by atoms with Crippen LogP contribution in [-0.2, 0) is 0 Å². The number of rotatable bonds is 2. The number of hydrogen-bond acceptors (Lipinski definition) is 3. The molecule has 2 aromatic heterocycles. The highest BCUT2D eigenvalue weighted by Crippen LogP contribution is 2.28. The first-order valence-electron chi connectivity index (χ1n) is 6.40. The Bertz CT molecular complexity index is 567. The minimum absolute atomic E-state index is 0.463. The van der Waals surface area contributed by atoms with Gasteiger partial charge < -0.3 is 9.30 Å². The average Bonchev–Trinajstić information content (AvgIpc) is 2.79. The van der Waals surface area contributed by atoms with Crippen LogP contribution in [0.2, 0.25) is 0 Å². The van der Waals surface area contributed by atoms with Crippen LogP contribution in [0.5, 0.6) is 0 Å². The SMILES string of the molecule is CN1CCC(c2nc(C=O)c3ccccn23)CC1. The number of aldehydes is 1. The van der Waals surface area contributed by atoms with Gasteiger partial charge in [0.05, 0.1) is 5.52 Å². The lowest BCUT2D eigenvalue weighted by Crippen LogP contribution is -2.29. The van der Waals surface area contributed by atoms with Gasteiger partial charge in [0.2, 0.25) is 0 Å². The number of carbonyl (C=O) groups is 1. The van der Waals surface area contributed by atoms with Gasteiger partial charge in [0.1, 0.15) is 11.5 Å². The molecule has 18 heavy (non-hydrogen) atoms. The van der Waals surface area contributed by atoms with E-state index in [1.54, 1.807) is 0 Å². The van der Waals surface area contributed by atoms with Gasteiger partial charge in [-0.3, -0.25) is 4.79 Å². The number of likely N-dealkylation sites (tertiary alicyclic amines) is 1. The highest BCUT2D eigenvalue weighted by molar-refractivity contribution is 5.83. The second-order valence-electron chi connectivity index (χ2n) is 5.01. The van der Waals surface area contributed by atoms with E-state index in [4.69, 9.17) is 0 Å². The van der Waals surface area contributed by atoms with E-state index in [0.717, 1.165) is 43.6 Å². The molecule has 0 amide bonds. The zero-order chi connectivity index (χ0) is 12.5. The fourth-order valence-corrected chi connectivity index (χ4v) is 2.73. The minimum atomic E-state index is 0.463. The Kier molecular flexibility index (Phi) is 2.88. The summed E-state index contributed by atoms with van der Waals surface area (Å²) in [6.45, 7) is 2.20. The summed E-state index contributed by atoms with van der Waals surface area (Å²) in [6.07, 6.45) is 5.09. The first kappa shape index (κ1) is 11.4. The van der Waals surface area contributed by atoms with E-state index in [1.807, 2.05) is 24.4 Å². The summed E-state index contributed by atoms with van der Waals surface area (Å²) in [5.41, 5.74) is 1.48. The van der Waals surface area contributed by atoms with Crippen LogP contribution in [0, 0.1) is 0 Å². The maximum absolute atomic E-state index is 11.1. The summed E-state index contributed by atoms with van der Waals surface area (Å²) < 4.78 is 2.07. The molecule has 3 rings (SSSR count). The molecule has 3 heterocycles. The van der Waals surface area contributed by atoms with Crippen molar-refractivity contribution < 1.29 is 4.79 Å². The van der Waals surface area contributed by atoms with E-state index in [-0.39, 0.29) is 0 Å². The molecule has 0 bridgehead atoms. The summed E-state index contributed by atoms with van der Waals surface area (Å²) in [5, 5.41) is 0. The molecule has 0 radical (unpaired) electrons. The third-order valence-electron chi connectivity index (χ3n) is 3.80. The lowest BCUT2D eigenvalue weighted by molar-refractivity contribution is 0.112. The predicted octanol–water partition coefficient (Wildman–Crippen LogP) is 1.96. The summed E-state index contributed by atoms with van der Waals surface area (Å²) in [4.78, 5) is 18.0. The topological polar surface area (TPSA) is 37.6 Å². The fraction of sp³-hybridized carbons (Fsp3) is 0.429. The molecule has 0 unspecified atom stereocenters. The number of pyridine rings is 1. The zero-order valence-corrected chi connectivity index (χ0v) is 10.5. The maximum atomic E-state index is 11.1. The van der Waals surface area contributed by atoms with Gasteiger partial charge in [-0.15, -0.1) is 0 Å². The van der Waals surface area contributed by atoms with Gasteiger partial charge >= 0.3 is 0 Å². The highest BCUT2D eigenvalue weighted by atomic mass is 16.1. The molecule has 2 aromatic rings. The zero-order valence-electron chi connectivity index (χ0n) is 10.5. The Hall–Kier alpha value is -1.68. The molecule has 1 aliphatic rings.